The Kier molecular flexibility index (Phi) is 3.22. The van der Waals surface area contributed by atoms with E-state index in [0.717, 1.165) is 38.4 Å². The topological polar surface area (TPSA) is 32.3 Å². The number of carbonyl (C=O) groups is 1. The Morgan fingerprint density at radius 3 is 2.84 bits per heavy atom. The molecule has 0 spiro atoms. The number of nitrogens with zero attached hydrogens (tertiary/aromatic N) is 1. The number of carbonyl (C=O) groups excluding carboxylic acids is 1. The predicted octanol–water partition coefficient (Wildman–Crippen LogP) is 1.93. The summed E-state index contributed by atoms with van der Waals surface area (Å²) >= 11 is 0. The molecule has 2 aliphatic heterocycles. The van der Waals surface area contributed by atoms with Crippen molar-refractivity contribution >= 4 is 5.91 Å². The van der Waals surface area contributed by atoms with E-state index in [1.165, 1.54) is 12.1 Å². The second kappa shape index (κ2) is 4.89. The van der Waals surface area contributed by atoms with E-state index in [4.69, 9.17) is 0 Å². The Bertz CT molecular complexity index is 492. The molecular weight excluding hydrogens is 250 g/mol. The summed E-state index contributed by atoms with van der Waals surface area (Å²) in [5, 5.41) is 3.28. The molecule has 2 saturated heterocycles. The quantitative estimate of drug-likeness (QED) is 0.842. The van der Waals surface area contributed by atoms with E-state index in [1.54, 1.807) is 4.90 Å². The SMILES string of the molecule is O=C(c1cccc(F)c1F)N1C2CCNCC1CC2. The minimum absolute atomic E-state index is 0.0997. The number of nitrogens with one attached hydrogen (secondary N) is 1. The lowest BCUT2D eigenvalue weighted by atomic mass is 10.1. The number of benzene rings is 1. The highest BCUT2D eigenvalue weighted by molar-refractivity contribution is 5.95. The number of halogens is 2. The van der Waals surface area contributed by atoms with Gasteiger partial charge in [-0.2, -0.15) is 0 Å². The molecule has 2 atom stereocenters. The Balaban J connectivity index is 1.93. The average molecular weight is 266 g/mol. The van der Waals surface area contributed by atoms with Crippen LogP contribution in [0.3, 0.4) is 0 Å². The number of rotatable bonds is 1. The van der Waals surface area contributed by atoms with Gasteiger partial charge in [-0.15, -0.1) is 0 Å². The maximum Gasteiger partial charge on any atom is 0.257 e. The van der Waals surface area contributed by atoms with Gasteiger partial charge >= 0.3 is 0 Å². The molecule has 0 aromatic heterocycles. The maximum absolute atomic E-state index is 13.7. The normalized spacial score (nSPS) is 26.3. The Morgan fingerprint density at radius 1 is 1.21 bits per heavy atom. The van der Waals surface area contributed by atoms with Gasteiger partial charge in [0.15, 0.2) is 11.6 Å². The standard InChI is InChI=1S/C14H16F2N2O/c15-12-3-1-2-11(13(12)16)14(19)18-9-4-5-10(18)8-17-7-6-9/h1-3,9-10,17H,4-8H2. The minimum atomic E-state index is -1.04. The van der Waals surface area contributed by atoms with Gasteiger partial charge in [0.05, 0.1) is 5.56 Å². The molecule has 2 unspecified atom stereocenters. The smallest absolute Gasteiger partial charge is 0.257 e. The van der Waals surface area contributed by atoms with Crippen molar-refractivity contribution in [2.75, 3.05) is 13.1 Å². The van der Waals surface area contributed by atoms with E-state index < -0.39 is 11.6 Å². The van der Waals surface area contributed by atoms with Crippen molar-refractivity contribution in [1.29, 1.82) is 0 Å². The van der Waals surface area contributed by atoms with Gasteiger partial charge in [-0.1, -0.05) is 6.07 Å². The van der Waals surface area contributed by atoms with Gasteiger partial charge in [0.25, 0.3) is 5.91 Å². The molecule has 2 aliphatic rings. The summed E-state index contributed by atoms with van der Waals surface area (Å²) in [6.45, 7) is 1.61. The molecule has 0 aliphatic carbocycles. The molecule has 1 N–H and O–H groups in total. The summed E-state index contributed by atoms with van der Waals surface area (Å²) in [5.74, 6) is -2.39. The third-order valence-corrected chi connectivity index (χ3v) is 4.07. The molecule has 5 heteroatoms. The summed E-state index contributed by atoms with van der Waals surface area (Å²) in [6.07, 6.45) is 2.76. The lowest BCUT2D eigenvalue weighted by Crippen LogP contribution is -2.42. The average Bonchev–Trinajstić information content (AvgIpc) is 2.65. The zero-order valence-corrected chi connectivity index (χ0v) is 10.5. The molecule has 2 fully saturated rings. The molecule has 3 nitrogen and oxygen atoms in total. The van der Waals surface area contributed by atoms with Crippen LogP contribution in [0.25, 0.3) is 0 Å². The third-order valence-electron chi connectivity index (χ3n) is 4.07. The second-order valence-electron chi connectivity index (χ2n) is 5.19. The molecule has 19 heavy (non-hydrogen) atoms. The fourth-order valence-electron chi connectivity index (χ4n) is 3.12. The van der Waals surface area contributed by atoms with Crippen molar-refractivity contribution < 1.29 is 13.6 Å². The highest BCUT2D eigenvalue weighted by Gasteiger charge is 2.39. The fourth-order valence-corrected chi connectivity index (χ4v) is 3.12. The largest absolute Gasteiger partial charge is 0.331 e. The van der Waals surface area contributed by atoms with Gasteiger partial charge in [-0.25, -0.2) is 8.78 Å². The Labute approximate surface area is 110 Å². The summed E-state index contributed by atoms with van der Waals surface area (Å²) in [6, 6.07) is 4.02. The molecule has 2 bridgehead atoms. The van der Waals surface area contributed by atoms with E-state index >= 15 is 0 Å². The number of hydrogen-bond acceptors (Lipinski definition) is 2. The van der Waals surface area contributed by atoms with Crippen molar-refractivity contribution in [3.63, 3.8) is 0 Å². The third kappa shape index (κ3) is 2.12. The van der Waals surface area contributed by atoms with Crippen LogP contribution in [0, 0.1) is 11.6 Å². The van der Waals surface area contributed by atoms with E-state index in [9.17, 15) is 13.6 Å². The first-order valence-electron chi connectivity index (χ1n) is 6.66. The van der Waals surface area contributed by atoms with Crippen molar-refractivity contribution in [3.8, 4) is 0 Å². The maximum atomic E-state index is 13.7. The zero-order chi connectivity index (χ0) is 13.4. The molecule has 1 amide bonds. The van der Waals surface area contributed by atoms with E-state index in [0.29, 0.717) is 0 Å². The molecule has 1 aromatic rings. The lowest BCUT2D eigenvalue weighted by molar-refractivity contribution is 0.0674. The molecule has 102 valence electrons. The highest BCUT2D eigenvalue weighted by atomic mass is 19.2. The summed E-state index contributed by atoms with van der Waals surface area (Å²) in [4.78, 5) is 14.2. The van der Waals surface area contributed by atoms with Crippen LogP contribution in [-0.4, -0.2) is 36.0 Å². The second-order valence-corrected chi connectivity index (χ2v) is 5.19. The van der Waals surface area contributed by atoms with Crippen LogP contribution in [0.2, 0.25) is 0 Å². The lowest BCUT2D eigenvalue weighted by Gasteiger charge is -2.28. The van der Waals surface area contributed by atoms with Gasteiger partial charge < -0.3 is 10.2 Å². The molecule has 3 rings (SSSR count). The van der Waals surface area contributed by atoms with Crippen molar-refractivity contribution in [1.82, 2.24) is 10.2 Å². The van der Waals surface area contributed by atoms with Gasteiger partial charge in [0, 0.05) is 18.6 Å². The van der Waals surface area contributed by atoms with E-state index in [2.05, 4.69) is 5.32 Å². The molecule has 1 aromatic carbocycles. The van der Waals surface area contributed by atoms with Crippen LogP contribution in [0.15, 0.2) is 18.2 Å². The van der Waals surface area contributed by atoms with Crippen LogP contribution in [0.5, 0.6) is 0 Å². The minimum Gasteiger partial charge on any atom is -0.331 e. The number of hydrogen-bond donors (Lipinski definition) is 1. The van der Waals surface area contributed by atoms with Crippen molar-refractivity contribution in [3.05, 3.63) is 35.4 Å². The first kappa shape index (κ1) is 12.5. The zero-order valence-electron chi connectivity index (χ0n) is 10.5. The van der Waals surface area contributed by atoms with Gasteiger partial charge in [-0.05, 0) is 37.9 Å². The molecule has 0 saturated carbocycles. The molecule has 0 radical (unpaired) electrons. The van der Waals surface area contributed by atoms with E-state index in [1.807, 2.05) is 0 Å². The summed E-state index contributed by atoms with van der Waals surface area (Å²) in [7, 11) is 0. The van der Waals surface area contributed by atoms with Crippen LogP contribution >= 0.6 is 0 Å². The molecule has 2 heterocycles. The Morgan fingerprint density at radius 2 is 2.00 bits per heavy atom. The van der Waals surface area contributed by atoms with E-state index in [-0.39, 0.29) is 23.6 Å². The van der Waals surface area contributed by atoms with Crippen molar-refractivity contribution in [2.24, 2.45) is 0 Å². The van der Waals surface area contributed by atoms with Crippen molar-refractivity contribution in [2.45, 2.75) is 31.3 Å². The van der Waals surface area contributed by atoms with Gasteiger partial charge in [0.2, 0.25) is 0 Å². The monoisotopic (exact) mass is 266 g/mol. The number of fused-ring (bicyclic) bond motifs is 2. The van der Waals surface area contributed by atoms with Crippen LogP contribution < -0.4 is 5.32 Å². The van der Waals surface area contributed by atoms with Crippen LogP contribution in [0.1, 0.15) is 29.6 Å². The first-order valence-corrected chi connectivity index (χ1v) is 6.66. The predicted molar refractivity (Wildman–Crippen MR) is 66.8 cm³/mol. The first-order chi connectivity index (χ1) is 9.18. The van der Waals surface area contributed by atoms with Crippen LogP contribution in [-0.2, 0) is 0 Å². The fraction of sp³-hybridized carbons (Fsp3) is 0.500. The van der Waals surface area contributed by atoms with Gasteiger partial charge in [0.1, 0.15) is 0 Å². The van der Waals surface area contributed by atoms with Gasteiger partial charge in [-0.3, -0.25) is 4.79 Å². The van der Waals surface area contributed by atoms with Crippen LogP contribution in [0.4, 0.5) is 8.78 Å². The highest BCUT2D eigenvalue weighted by Crippen LogP contribution is 2.30. The summed E-state index contributed by atoms with van der Waals surface area (Å²) < 4.78 is 27.0. The summed E-state index contributed by atoms with van der Waals surface area (Å²) in [5.41, 5.74) is -0.154. The molecular formula is C14H16F2N2O. The number of amides is 1. The Hall–Kier alpha value is -1.49.